The minimum atomic E-state index is -1.30. The summed E-state index contributed by atoms with van der Waals surface area (Å²) in [5, 5.41) is 19.5. The third-order valence-electron chi connectivity index (χ3n) is 9.24. The molecule has 2 unspecified atom stereocenters. The first-order valence-electron chi connectivity index (χ1n) is 20.1. The molecule has 0 spiro atoms. The largest absolute Gasteiger partial charge is 0.492 e. The molecule has 322 valence electrons. The number of ether oxygens (including phenoxy) is 2. The summed E-state index contributed by atoms with van der Waals surface area (Å²) >= 11 is 0. The monoisotopic (exact) mass is 825 g/mol. The van der Waals surface area contributed by atoms with Crippen molar-refractivity contribution in [1.29, 1.82) is 5.26 Å². The first-order chi connectivity index (χ1) is 28.9. The van der Waals surface area contributed by atoms with Crippen LogP contribution in [0, 0.1) is 11.3 Å². The standard InChI is InChI=1S/C42H52N8O7.C2H7N/c1-4-5-6-28-7-9-29(10-8-28)12-16-37(51)47-26-38(52)50(3)39-31-13-15-36(57-22-19-45)33(25-31)32-23-30(11-14-35(32)56-21-18-44)24-34(41(54)46-20-17-43)49-40(53)27(2)48-42(39)55;1-2-3/h7-16,23,25,27,34,39H,4-6,18-22,24,26,44-45H2,1-3H3,(H,46,54)(H,47,51)(H,48,55)(H,49,53);2-3H2,1H3/b16-12+;/t27-,34?,39?;/m0./s1. The second kappa shape index (κ2) is 25.3. The Morgan fingerprint density at radius 2 is 1.53 bits per heavy atom. The molecule has 1 aliphatic rings. The van der Waals surface area contributed by atoms with Gasteiger partial charge in [-0.1, -0.05) is 56.7 Å². The van der Waals surface area contributed by atoms with Gasteiger partial charge in [-0.15, -0.1) is 0 Å². The van der Waals surface area contributed by atoms with Gasteiger partial charge in [-0.05, 0) is 78.9 Å². The van der Waals surface area contributed by atoms with Crippen LogP contribution in [-0.2, 0) is 36.8 Å². The number of carbonyl (C=O) groups is 5. The van der Waals surface area contributed by atoms with Crippen LogP contribution in [0.15, 0.2) is 66.7 Å². The van der Waals surface area contributed by atoms with Gasteiger partial charge in [0.05, 0.1) is 12.6 Å². The van der Waals surface area contributed by atoms with Crippen molar-refractivity contribution in [2.75, 3.05) is 53.0 Å². The lowest BCUT2D eigenvalue weighted by Gasteiger charge is -2.30. The van der Waals surface area contributed by atoms with Crippen molar-refractivity contribution in [2.45, 2.75) is 64.6 Å². The topological polar surface area (TPSA) is 257 Å². The molecule has 0 aliphatic carbocycles. The fourth-order valence-electron chi connectivity index (χ4n) is 6.17. The number of hydrogen-bond donors (Lipinski definition) is 7. The fourth-order valence-corrected chi connectivity index (χ4v) is 6.17. The van der Waals surface area contributed by atoms with Crippen LogP contribution in [0.1, 0.15) is 61.9 Å². The molecule has 0 radical (unpaired) electrons. The summed E-state index contributed by atoms with van der Waals surface area (Å²) in [6, 6.07) is 16.4. The number of aryl methyl sites for hydroxylation is 1. The molecule has 60 heavy (non-hydrogen) atoms. The highest BCUT2D eigenvalue weighted by Crippen LogP contribution is 2.40. The summed E-state index contributed by atoms with van der Waals surface area (Å²) in [5.41, 5.74) is 20.5. The van der Waals surface area contributed by atoms with Gasteiger partial charge in [0.15, 0.2) is 0 Å². The van der Waals surface area contributed by atoms with Crippen molar-refractivity contribution >= 4 is 35.6 Å². The summed E-state index contributed by atoms with van der Waals surface area (Å²) in [6.45, 7) is 6.29. The van der Waals surface area contributed by atoms with Crippen molar-refractivity contribution in [3.63, 3.8) is 0 Å². The second-order valence-electron chi connectivity index (χ2n) is 13.9. The molecule has 3 aromatic carbocycles. The normalized spacial score (nSPS) is 16.1. The molecule has 16 heteroatoms. The summed E-state index contributed by atoms with van der Waals surface area (Å²) in [5.74, 6) is -2.26. The van der Waals surface area contributed by atoms with Gasteiger partial charge in [0.1, 0.15) is 49.4 Å². The molecular formula is C44H59N9O7. The van der Waals surface area contributed by atoms with Crippen molar-refractivity contribution in [1.82, 2.24) is 26.2 Å². The average molecular weight is 826 g/mol. The quantitative estimate of drug-likeness (QED) is 0.0810. The predicted octanol–water partition coefficient (Wildman–Crippen LogP) is 1.85. The zero-order valence-electron chi connectivity index (χ0n) is 34.9. The molecule has 0 saturated carbocycles. The maximum Gasteiger partial charge on any atom is 0.248 e. The van der Waals surface area contributed by atoms with Gasteiger partial charge < -0.3 is 52.8 Å². The Morgan fingerprint density at radius 3 is 2.15 bits per heavy atom. The van der Waals surface area contributed by atoms with Crippen molar-refractivity contribution in [3.05, 3.63) is 89.0 Å². The molecule has 1 heterocycles. The van der Waals surface area contributed by atoms with Gasteiger partial charge >= 0.3 is 0 Å². The van der Waals surface area contributed by atoms with E-state index in [1.165, 1.54) is 30.5 Å². The number of carbonyl (C=O) groups excluding carboxylic acids is 5. The van der Waals surface area contributed by atoms with Gasteiger partial charge in [0, 0.05) is 43.8 Å². The first-order valence-corrected chi connectivity index (χ1v) is 20.1. The third kappa shape index (κ3) is 14.5. The number of nitrogens with zero attached hydrogens (tertiary/aromatic N) is 2. The van der Waals surface area contributed by atoms with Crippen LogP contribution in [0.5, 0.6) is 11.5 Å². The van der Waals surface area contributed by atoms with Crippen LogP contribution in [0.4, 0.5) is 0 Å². The van der Waals surface area contributed by atoms with Crippen molar-refractivity contribution in [3.8, 4) is 28.7 Å². The summed E-state index contributed by atoms with van der Waals surface area (Å²) in [7, 11) is 1.42. The molecule has 0 aromatic heterocycles. The zero-order valence-corrected chi connectivity index (χ0v) is 34.9. The van der Waals surface area contributed by atoms with E-state index in [1.54, 1.807) is 42.5 Å². The first kappa shape index (κ1) is 48.1. The minimum absolute atomic E-state index is 0.0264. The zero-order chi connectivity index (χ0) is 44.0. The summed E-state index contributed by atoms with van der Waals surface area (Å²) < 4.78 is 12.1. The lowest BCUT2D eigenvalue weighted by Crippen LogP contribution is -2.55. The van der Waals surface area contributed by atoms with Crippen LogP contribution in [0.25, 0.3) is 17.2 Å². The Labute approximate surface area is 352 Å². The van der Waals surface area contributed by atoms with Gasteiger partial charge in [-0.25, -0.2) is 0 Å². The van der Waals surface area contributed by atoms with Crippen LogP contribution in [0.3, 0.4) is 0 Å². The number of nitrogens with two attached hydrogens (primary N) is 3. The predicted molar refractivity (Wildman–Crippen MR) is 230 cm³/mol. The molecular weight excluding hydrogens is 767 g/mol. The van der Waals surface area contributed by atoms with E-state index < -0.39 is 54.2 Å². The van der Waals surface area contributed by atoms with Crippen molar-refractivity contribution in [2.24, 2.45) is 17.2 Å². The molecule has 4 rings (SSSR count). The van der Waals surface area contributed by atoms with Gasteiger partial charge in [-0.3, -0.25) is 24.0 Å². The Kier molecular flexibility index (Phi) is 20.2. The number of unbranched alkanes of at least 4 members (excludes halogenated alkanes) is 1. The van der Waals surface area contributed by atoms with E-state index in [-0.39, 0.29) is 39.3 Å². The highest BCUT2D eigenvalue weighted by atomic mass is 16.5. The van der Waals surface area contributed by atoms with E-state index in [0.717, 1.165) is 31.4 Å². The van der Waals surface area contributed by atoms with E-state index in [1.807, 2.05) is 37.3 Å². The summed E-state index contributed by atoms with van der Waals surface area (Å²) in [6.07, 6.45) is 6.19. The maximum atomic E-state index is 14.2. The maximum absolute atomic E-state index is 14.2. The number of amides is 5. The molecule has 0 fully saturated rings. The Bertz CT molecular complexity index is 1980. The van der Waals surface area contributed by atoms with E-state index in [2.05, 4.69) is 28.2 Å². The van der Waals surface area contributed by atoms with Crippen LogP contribution in [0.2, 0.25) is 0 Å². The molecule has 10 N–H and O–H groups in total. The Balaban J connectivity index is 0.00000311. The molecule has 5 amide bonds. The fraction of sp³-hybridized carbons (Fsp3) is 0.409. The lowest BCUT2D eigenvalue weighted by atomic mass is 9.93. The third-order valence-corrected chi connectivity index (χ3v) is 9.24. The average Bonchev–Trinajstić information content (AvgIpc) is 3.24. The lowest BCUT2D eigenvalue weighted by molar-refractivity contribution is -0.140. The molecule has 3 aromatic rings. The van der Waals surface area contributed by atoms with E-state index >= 15 is 0 Å². The number of nitrogens with one attached hydrogen (secondary N) is 4. The second-order valence-corrected chi connectivity index (χ2v) is 13.9. The molecule has 3 atom stereocenters. The number of rotatable bonds is 16. The van der Waals surface area contributed by atoms with Crippen LogP contribution in [-0.4, -0.2) is 99.5 Å². The Morgan fingerprint density at radius 1 is 0.900 bits per heavy atom. The highest BCUT2D eigenvalue weighted by Gasteiger charge is 2.33. The SMILES string of the molecule is CCCCc1ccc(/C=C/C(=O)NCC(=O)N(C)C2C(=O)N[C@@H](C)C(=O)NC(C(=O)NCC#N)Cc3ccc(OCCN)c(c3)-c3cc2ccc3OCCN)cc1.CCN. The van der Waals surface area contributed by atoms with Gasteiger partial charge in [0.25, 0.3) is 0 Å². The van der Waals surface area contributed by atoms with E-state index in [4.69, 9.17) is 31.9 Å². The molecule has 0 saturated heterocycles. The van der Waals surface area contributed by atoms with E-state index in [0.29, 0.717) is 33.8 Å². The van der Waals surface area contributed by atoms with E-state index in [9.17, 15) is 24.0 Å². The van der Waals surface area contributed by atoms with Gasteiger partial charge in [-0.2, -0.15) is 5.26 Å². The molecule has 4 bridgehead atoms. The highest BCUT2D eigenvalue weighted by molar-refractivity contribution is 5.97. The number of likely N-dealkylation sites (N-methyl/N-ethyl adjacent to an activating group) is 1. The summed E-state index contributed by atoms with van der Waals surface area (Å²) in [4.78, 5) is 68.6. The molecule has 1 aliphatic heterocycles. The molecule has 16 nitrogen and oxygen atoms in total. The number of hydrogen-bond acceptors (Lipinski definition) is 11. The smallest absolute Gasteiger partial charge is 0.248 e. The van der Waals surface area contributed by atoms with Crippen molar-refractivity contribution < 1.29 is 33.4 Å². The number of benzene rings is 3. The van der Waals surface area contributed by atoms with Crippen LogP contribution < -0.4 is 47.9 Å². The number of fused-ring (bicyclic) bond motifs is 5. The minimum Gasteiger partial charge on any atom is -0.492 e. The number of nitriles is 1. The van der Waals surface area contributed by atoms with Gasteiger partial charge in [0.2, 0.25) is 29.5 Å². The van der Waals surface area contributed by atoms with Crippen LogP contribution >= 0.6 is 0 Å². The Hall–Kier alpha value is -6.28.